The lowest BCUT2D eigenvalue weighted by Gasteiger charge is -2.33. The molecule has 1 atom stereocenters. The fraction of sp³-hybridized carbons (Fsp3) is 0.800. The second kappa shape index (κ2) is 6.45. The predicted molar refractivity (Wildman–Crippen MR) is 76.7 cm³/mol. The lowest BCUT2D eigenvalue weighted by molar-refractivity contribution is -0.156. The van der Waals surface area contributed by atoms with Gasteiger partial charge in [0.15, 0.2) is 0 Å². The third kappa shape index (κ3) is 3.36. The van der Waals surface area contributed by atoms with E-state index in [0.29, 0.717) is 32.4 Å². The van der Waals surface area contributed by atoms with Gasteiger partial charge < -0.3 is 14.9 Å². The van der Waals surface area contributed by atoms with Crippen LogP contribution in [-0.2, 0) is 14.4 Å². The Hall–Kier alpha value is -1.59. The van der Waals surface area contributed by atoms with Gasteiger partial charge in [-0.15, -0.1) is 0 Å². The molecule has 0 bridgehead atoms. The highest BCUT2D eigenvalue weighted by atomic mass is 16.4. The molecule has 2 amide bonds. The average Bonchev–Trinajstić information content (AvgIpc) is 2.82. The molecule has 2 fully saturated rings. The largest absolute Gasteiger partial charge is 0.480 e. The van der Waals surface area contributed by atoms with E-state index in [2.05, 4.69) is 0 Å². The van der Waals surface area contributed by atoms with Crippen molar-refractivity contribution >= 4 is 17.8 Å². The number of carbonyl (C=O) groups excluding carboxylic acids is 2. The van der Waals surface area contributed by atoms with Crippen molar-refractivity contribution in [2.24, 2.45) is 0 Å². The molecule has 0 aromatic heterocycles. The zero-order chi connectivity index (χ0) is 15.5. The maximum absolute atomic E-state index is 12.4. The van der Waals surface area contributed by atoms with Gasteiger partial charge in [0.1, 0.15) is 5.54 Å². The topological polar surface area (TPSA) is 77.9 Å². The summed E-state index contributed by atoms with van der Waals surface area (Å²) in [7, 11) is 0. The van der Waals surface area contributed by atoms with Crippen LogP contribution in [0, 0.1) is 0 Å². The SMILES string of the molecule is CC1(C(=O)O)CCCN1C(=O)CN1CCCCCCC1=O. The number of hydrogen-bond acceptors (Lipinski definition) is 3. The summed E-state index contributed by atoms with van der Waals surface area (Å²) in [6.45, 7) is 2.67. The first-order chi connectivity index (χ1) is 9.95. The molecule has 0 saturated carbocycles. The molecule has 2 rings (SSSR count). The van der Waals surface area contributed by atoms with E-state index in [1.165, 1.54) is 4.90 Å². The first kappa shape index (κ1) is 15.8. The molecular formula is C15H24N2O4. The van der Waals surface area contributed by atoms with Crippen LogP contribution in [0.2, 0.25) is 0 Å². The summed E-state index contributed by atoms with van der Waals surface area (Å²) in [6.07, 6.45) is 5.59. The van der Waals surface area contributed by atoms with Crippen LogP contribution < -0.4 is 0 Å². The monoisotopic (exact) mass is 296 g/mol. The van der Waals surface area contributed by atoms with Gasteiger partial charge in [-0.3, -0.25) is 9.59 Å². The van der Waals surface area contributed by atoms with E-state index in [9.17, 15) is 19.5 Å². The fourth-order valence-corrected chi connectivity index (χ4v) is 3.22. The van der Waals surface area contributed by atoms with E-state index in [-0.39, 0.29) is 18.4 Å². The van der Waals surface area contributed by atoms with E-state index in [1.54, 1.807) is 11.8 Å². The van der Waals surface area contributed by atoms with Crippen molar-refractivity contribution in [2.45, 2.75) is 57.4 Å². The van der Waals surface area contributed by atoms with Crippen LogP contribution in [0.1, 0.15) is 51.9 Å². The highest BCUT2D eigenvalue weighted by Gasteiger charge is 2.46. The van der Waals surface area contributed by atoms with Gasteiger partial charge in [-0.25, -0.2) is 4.79 Å². The van der Waals surface area contributed by atoms with Crippen molar-refractivity contribution in [3.8, 4) is 0 Å². The minimum Gasteiger partial charge on any atom is -0.480 e. The summed E-state index contributed by atoms with van der Waals surface area (Å²) >= 11 is 0. The van der Waals surface area contributed by atoms with Crippen molar-refractivity contribution in [3.63, 3.8) is 0 Å². The maximum atomic E-state index is 12.4. The molecule has 0 aromatic carbocycles. The van der Waals surface area contributed by atoms with Crippen molar-refractivity contribution in [3.05, 3.63) is 0 Å². The van der Waals surface area contributed by atoms with Gasteiger partial charge in [-0.2, -0.15) is 0 Å². The standard InChI is InChI=1S/C15H24N2O4/c1-15(14(20)21)8-6-10-17(15)13(19)11-16-9-5-3-2-4-7-12(16)18/h2-11H2,1H3,(H,20,21). The molecule has 2 aliphatic heterocycles. The Kier molecular flexibility index (Phi) is 4.85. The Balaban J connectivity index is 2.02. The Bertz CT molecular complexity index is 437. The number of rotatable bonds is 3. The highest BCUT2D eigenvalue weighted by molar-refractivity contribution is 5.90. The molecule has 0 aromatic rings. The molecule has 2 aliphatic rings. The number of carboxylic acids is 1. The summed E-state index contributed by atoms with van der Waals surface area (Å²) in [4.78, 5) is 38.9. The van der Waals surface area contributed by atoms with Gasteiger partial charge in [-0.05, 0) is 32.6 Å². The quantitative estimate of drug-likeness (QED) is 0.850. The van der Waals surface area contributed by atoms with Crippen LogP contribution in [0.4, 0.5) is 0 Å². The number of carboxylic acid groups (broad SMARTS) is 1. The Morgan fingerprint density at radius 3 is 2.57 bits per heavy atom. The molecule has 0 spiro atoms. The van der Waals surface area contributed by atoms with E-state index >= 15 is 0 Å². The van der Waals surface area contributed by atoms with E-state index in [4.69, 9.17) is 0 Å². The van der Waals surface area contributed by atoms with Crippen LogP contribution in [-0.4, -0.2) is 57.9 Å². The molecule has 6 nitrogen and oxygen atoms in total. The molecule has 6 heteroatoms. The summed E-state index contributed by atoms with van der Waals surface area (Å²) in [5.41, 5.74) is -1.12. The summed E-state index contributed by atoms with van der Waals surface area (Å²) < 4.78 is 0. The number of carbonyl (C=O) groups is 3. The van der Waals surface area contributed by atoms with Crippen LogP contribution in [0.3, 0.4) is 0 Å². The first-order valence-electron chi connectivity index (χ1n) is 7.77. The third-order valence-corrected chi connectivity index (χ3v) is 4.65. The van der Waals surface area contributed by atoms with Gasteiger partial charge in [0, 0.05) is 19.5 Å². The number of likely N-dealkylation sites (tertiary alicyclic amines) is 2. The number of aliphatic carboxylic acids is 1. The lowest BCUT2D eigenvalue weighted by atomic mass is 9.99. The minimum absolute atomic E-state index is 0.0132. The number of nitrogens with zero attached hydrogens (tertiary/aromatic N) is 2. The van der Waals surface area contributed by atoms with E-state index < -0.39 is 11.5 Å². The molecule has 0 radical (unpaired) electrons. The van der Waals surface area contributed by atoms with Crippen LogP contribution in [0.15, 0.2) is 0 Å². The second-order valence-electron chi connectivity index (χ2n) is 6.21. The van der Waals surface area contributed by atoms with Crippen molar-refractivity contribution in [1.29, 1.82) is 0 Å². The Morgan fingerprint density at radius 2 is 1.86 bits per heavy atom. The van der Waals surface area contributed by atoms with Crippen molar-refractivity contribution in [1.82, 2.24) is 9.80 Å². The van der Waals surface area contributed by atoms with Gasteiger partial charge in [0.25, 0.3) is 0 Å². The van der Waals surface area contributed by atoms with Gasteiger partial charge in [0.05, 0.1) is 6.54 Å². The van der Waals surface area contributed by atoms with Gasteiger partial charge in [-0.1, -0.05) is 12.8 Å². The molecule has 1 N–H and O–H groups in total. The first-order valence-corrected chi connectivity index (χ1v) is 7.77. The van der Waals surface area contributed by atoms with E-state index in [1.807, 2.05) is 0 Å². The van der Waals surface area contributed by atoms with Crippen LogP contribution in [0.5, 0.6) is 0 Å². The molecule has 118 valence electrons. The highest BCUT2D eigenvalue weighted by Crippen LogP contribution is 2.29. The van der Waals surface area contributed by atoms with Gasteiger partial charge >= 0.3 is 5.97 Å². The van der Waals surface area contributed by atoms with Gasteiger partial charge in [0.2, 0.25) is 11.8 Å². The normalized spacial score (nSPS) is 27.4. The fourth-order valence-electron chi connectivity index (χ4n) is 3.22. The average molecular weight is 296 g/mol. The zero-order valence-electron chi connectivity index (χ0n) is 12.6. The molecular weight excluding hydrogens is 272 g/mol. The summed E-state index contributed by atoms with van der Waals surface area (Å²) in [5.74, 6) is -1.20. The zero-order valence-corrected chi connectivity index (χ0v) is 12.6. The van der Waals surface area contributed by atoms with Crippen LogP contribution >= 0.6 is 0 Å². The Morgan fingerprint density at radius 1 is 1.14 bits per heavy atom. The second-order valence-corrected chi connectivity index (χ2v) is 6.21. The van der Waals surface area contributed by atoms with Crippen LogP contribution in [0.25, 0.3) is 0 Å². The van der Waals surface area contributed by atoms with E-state index in [0.717, 1.165) is 25.7 Å². The molecule has 2 heterocycles. The smallest absolute Gasteiger partial charge is 0.329 e. The minimum atomic E-state index is -1.12. The van der Waals surface area contributed by atoms with Crippen molar-refractivity contribution in [2.75, 3.05) is 19.6 Å². The number of hydrogen-bond donors (Lipinski definition) is 1. The third-order valence-electron chi connectivity index (χ3n) is 4.65. The Labute approximate surface area is 125 Å². The molecule has 2 saturated heterocycles. The predicted octanol–water partition coefficient (Wildman–Crippen LogP) is 1.24. The number of amides is 2. The molecule has 1 unspecified atom stereocenters. The molecule has 0 aliphatic carbocycles. The maximum Gasteiger partial charge on any atom is 0.329 e. The summed E-state index contributed by atoms with van der Waals surface area (Å²) in [6, 6.07) is 0. The lowest BCUT2D eigenvalue weighted by Crippen LogP contribution is -2.54. The van der Waals surface area contributed by atoms with Crippen molar-refractivity contribution < 1.29 is 19.5 Å². The molecule has 21 heavy (non-hydrogen) atoms. The summed E-state index contributed by atoms with van der Waals surface area (Å²) in [5, 5.41) is 9.36.